The van der Waals surface area contributed by atoms with E-state index in [1.807, 2.05) is 26.0 Å². The molecular formula is C24H21NO5S. The third-order valence-electron chi connectivity index (χ3n) is 4.43. The van der Waals surface area contributed by atoms with Crippen molar-refractivity contribution in [2.75, 3.05) is 19.8 Å². The second-order valence-electron chi connectivity index (χ2n) is 6.69. The maximum atomic E-state index is 12.7. The number of amides is 2. The highest BCUT2D eigenvalue weighted by molar-refractivity contribution is 8.18. The van der Waals surface area contributed by atoms with Crippen molar-refractivity contribution in [1.29, 1.82) is 0 Å². The first kappa shape index (κ1) is 22.2. The Morgan fingerprint density at radius 3 is 2.55 bits per heavy atom. The molecule has 0 N–H and O–H groups in total. The summed E-state index contributed by atoms with van der Waals surface area (Å²) in [7, 11) is 0. The molecule has 1 aliphatic heterocycles. The first-order chi connectivity index (χ1) is 14.9. The summed E-state index contributed by atoms with van der Waals surface area (Å²) in [6, 6.07) is 12.1. The average Bonchev–Trinajstić information content (AvgIpc) is 3.01. The lowest BCUT2D eigenvalue weighted by atomic mass is 10.1. The van der Waals surface area contributed by atoms with Crippen LogP contribution in [0.3, 0.4) is 0 Å². The van der Waals surface area contributed by atoms with Gasteiger partial charge < -0.3 is 9.47 Å². The molecule has 0 saturated carbocycles. The van der Waals surface area contributed by atoms with E-state index in [1.165, 1.54) is 0 Å². The fourth-order valence-electron chi connectivity index (χ4n) is 2.88. The van der Waals surface area contributed by atoms with Crippen LogP contribution in [0.25, 0.3) is 6.08 Å². The molecule has 0 aromatic heterocycles. The normalized spacial score (nSPS) is 14.6. The Labute approximate surface area is 185 Å². The van der Waals surface area contributed by atoms with E-state index in [-0.39, 0.29) is 23.8 Å². The van der Waals surface area contributed by atoms with Crippen LogP contribution in [0, 0.1) is 19.3 Å². The van der Waals surface area contributed by atoms with E-state index in [2.05, 4.69) is 5.92 Å². The Hall–Kier alpha value is -3.50. The zero-order valence-electron chi connectivity index (χ0n) is 17.2. The van der Waals surface area contributed by atoms with Gasteiger partial charge in [0.1, 0.15) is 6.61 Å². The van der Waals surface area contributed by atoms with Crippen LogP contribution < -0.4 is 9.47 Å². The molecule has 1 heterocycles. The summed E-state index contributed by atoms with van der Waals surface area (Å²) in [5, 5.41) is -0.476. The summed E-state index contributed by atoms with van der Waals surface area (Å²) < 4.78 is 11.0. The molecule has 3 rings (SSSR count). The Morgan fingerprint density at radius 1 is 1.13 bits per heavy atom. The highest BCUT2D eigenvalue weighted by Crippen LogP contribution is 2.34. The van der Waals surface area contributed by atoms with Crippen LogP contribution in [-0.4, -0.2) is 41.6 Å². The van der Waals surface area contributed by atoms with Gasteiger partial charge in [-0.1, -0.05) is 41.8 Å². The number of aryl methyl sites for hydroxylation is 1. The second-order valence-corrected chi connectivity index (χ2v) is 7.68. The van der Waals surface area contributed by atoms with Crippen molar-refractivity contribution in [3.8, 4) is 23.8 Å². The molecule has 1 fully saturated rings. The van der Waals surface area contributed by atoms with E-state index in [4.69, 9.17) is 15.9 Å². The summed E-state index contributed by atoms with van der Waals surface area (Å²) in [5.41, 5.74) is 2.14. The third-order valence-corrected chi connectivity index (χ3v) is 5.33. The molecule has 1 saturated heterocycles. The average molecular weight is 436 g/mol. The number of carbonyl (C=O) groups is 3. The van der Waals surface area contributed by atoms with Gasteiger partial charge in [-0.25, -0.2) is 0 Å². The van der Waals surface area contributed by atoms with Gasteiger partial charge in [-0.3, -0.25) is 19.3 Å². The molecule has 2 aromatic rings. The van der Waals surface area contributed by atoms with Gasteiger partial charge in [-0.2, -0.15) is 0 Å². The minimum atomic E-state index is -0.499. The fraction of sp³-hybridized carbons (Fsp3) is 0.208. The summed E-state index contributed by atoms with van der Waals surface area (Å²) >= 11 is 0.801. The lowest BCUT2D eigenvalue weighted by molar-refractivity contribution is -0.122. The molecular weight excluding hydrogens is 414 g/mol. The fourth-order valence-corrected chi connectivity index (χ4v) is 3.72. The van der Waals surface area contributed by atoms with E-state index in [0.29, 0.717) is 29.2 Å². The smallest absolute Gasteiger partial charge is 0.293 e. The number of Topliss-reactive ketones (excluding diaryl/α,β-unsaturated/α-hetero) is 1. The van der Waals surface area contributed by atoms with E-state index in [0.717, 1.165) is 22.2 Å². The Balaban J connectivity index is 1.78. The van der Waals surface area contributed by atoms with E-state index >= 15 is 0 Å². The highest BCUT2D eigenvalue weighted by Gasteiger charge is 2.36. The lowest BCUT2D eigenvalue weighted by Crippen LogP contribution is -2.33. The zero-order valence-corrected chi connectivity index (χ0v) is 18.0. The van der Waals surface area contributed by atoms with Gasteiger partial charge in [-0.05, 0) is 49.4 Å². The largest absolute Gasteiger partial charge is 0.490 e. The molecule has 31 heavy (non-hydrogen) atoms. The molecule has 1 aliphatic rings. The van der Waals surface area contributed by atoms with Crippen molar-refractivity contribution in [2.24, 2.45) is 0 Å². The number of rotatable bonds is 8. The van der Waals surface area contributed by atoms with Crippen molar-refractivity contribution in [2.45, 2.75) is 13.8 Å². The monoisotopic (exact) mass is 435 g/mol. The lowest BCUT2D eigenvalue weighted by Gasteiger charge is -2.12. The quantitative estimate of drug-likeness (QED) is 0.349. The number of benzene rings is 2. The van der Waals surface area contributed by atoms with Gasteiger partial charge >= 0.3 is 0 Å². The van der Waals surface area contributed by atoms with Crippen LogP contribution in [0.2, 0.25) is 0 Å². The number of hydrogen-bond donors (Lipinski definition) is 0. The summed E-state index contributed by atoms with van der Waals surface area (Å²) in [4.78, 5) is 38.8. The SMILES string of the molecule is C#CCOc1ccc(/C=C2/SC(=O)N(CC(=O)c3ccc(C)cc3)C2=O)cc1OCC. The van der Waals surface area contributed by atoms with Crippen LogP contribution in [0.15, 0.2) is 47.4 Å². The molecule has 0 unspecified atom stereocenters. The molecule has 0 atom stereocenters. The van der Waals surface area contributed by atoms with Crippen molar-refractivity contribution in [3.05, 3.63) is 64.1 Å². The molecule has 7 heteroatoms. The molecule has 2 aromatic carbocycles. The summed E-state index contributed by atoms with van der Waals surface area (Å²) in [6.45, 7) is 3.99. The maximum absolute atomic E-state index is 12.7. The number of ketones is 1. The number of nitrogens with zero attached hydrogens (tertiary/aromatic N) is 1. The van der Waals surface area contributed by atoms with Crippen molar-refractivity contribution in [3.63, 3.8) is 0 Å². The van der Waals surface area contributed by atoms with Crippen LogP contribution >= 0.6 is 11.8 Å². The van der Waals surface area contributed by atoms with Crippen molar-refractivity contribution < 1.29 is 23.9 Å². The van der Waals surface area contributed by atoms with Crippen LogP contribution in [0.1, 0.15) is 28.4 Å². The van der Waals surface area contributed by atoms with Gasteiger partial charge in [0.25, 0.3) is 11.1 Å². The minimum absolute atomic E-state index is 0.104. The van der Waals surface area contributed by atoms with E-state index < -0.39 is 11.1 Å². The molecule has 0 bridgehead atoms. The highest BCUT2D eigenvalue weighted by atomic mass is 32.2. The molecule has 2 amide bonds. The van der Waals surface area contributed by atoms with Crippen LogP contribution in [-0.2, 0) is 4.79 Å². The number of imide groups is 1. The summed E-state index contributed by atoms with van der Waals surface area (Å²) in [5.74, 6) is 2.58. The van der Waals surface area contributed by atoms with Gasteiger partial charge in [-0.15, -0.1) is 6.42 Å². The van der Waals surface area contributed by atoms with Crippen molar-refractivity contribution >= 4 is 34.8 Å². The zero-order chi connectivity index (χ0) is 22.4. The topological polar surface area (TPSA) is 72.9 Å². The van der Waals surface area contributed by atoms with Gasteiger partial charge in [0.15, 0.2) is 17.3 Å². The van der Waals surface area contributed by atoms with Crippen LogP contribution in [0.4, 0.5) is 4.79 Å². The first-order valence-electron chi connectivity index (χ1n) is 9.61. The van der Waals surface area contributed by atoms with E-state index in [1.54, 1.807) is 36.4 Å². The number of hydrogen-bond acceptors (Lipinski definition) is 6. The molecule has 6 nitrogen and oxygen atoms in total. The van der Waals surface area contributed by atoms with Gasteiger partial charge in [0, 0.05) is 5.56 Å². The molecule has 0 radical (unpaired) electrons. The first-order valence-corrected chi connectivity index (χ1v) is 10.4. The van der Waals surface area contributed by atoms with Gasteiger partial charge in [0.2, 0.25) is 0 Å². The number of carbonyl (C=O) groups excluding carboxylic acids is 3. The molecule has 158 valence electrons. The predicted octanol–water partition coefficient (Wildman–Crippen LogP) is 4.32. The van der Waals surface area contributed by atoms with E-state index in [9.17, 15) is 14.4 Å². The predicted molar refractivity (Wildman–Crippen MR) is 120 cm³/mol. The second kappa shape index (κ2) is 10.0. The number of terminal acetylenes is 1. The van der Waals surface area contributed by atoms with Crippen molar-refractivity contribution in [1.82, 2.24) is 4.90 Å². The van der Waals surface area contributed by atoms with Crippen LogP contribution in [0.5, 0.6) is 11.5 Å². The Morgan fingerprint density at radius 2 is 1.87 bits per heavy atom. The van der Waals surface area contributed by atoms with Gasteiger partial charge in [0.05, 0.1) is 18.1 Å². The number of thioether (sulfide) groups is 1. The molecule has 0 spiro atoms. The standard InChI is InChI=1S/C24H21NO5S/c1-4-12-30-20-11-8-17(13-21(20)29-5-2)14-22-23(27)25(24(28)31-22)15-19(26)18-9-6-16(3)7-10-18/h1,6-11,13-14H,5,12,15H2,2-3H3/b22-14+. The minimum Gasteiger partial charge on any atom is -0.490 e. The third kappa shape index (κ3) is 5.36. The number of ether oxygens (including phenoxy) is 2. The maximum Gasteiger partial charge on any atom is 0.293 e. The summed E-state index contributed by atoms with van der Waals surface area (Å²) in [6.07, 6.45) is 6.82. The molecule has 0 aliphatic carbocycles. The Kier molecular flexibility index (Phi) is 7.16. The Bertz CT molecular complexity index is 1080.